The van der Waals surface area contributed by atoms with Gasteiger partial charge in [0.05, 0.1) is 0 Å². The van der Waals surface area contributed by atoms with Crippen molar-refractivity contribution < 1.29 is 9.59 Å². The highest BCUT2D eigenvalue weighted by Crippen LogP contribution is 2.31. The fourth-order valence-corrected chi connectivity index (χ4v) is 3.34. The monoisotopic (exact) mass is 337 g/mol. The van der Waals surface area contributed by atoms with Crippen LogP contribution in [0.5, 0.6) is 0 Å². The number of nitrogens with one attached hydrogen (secondary N) is 3. The SMILES string of the molecule is CNC(=O)NC(=O)[C@H](N[C@@H]1CCCc2ccccc21)c1ccccc1. The Hall–Kier alpha value is -2.66. The van der Waals surface area contributed by atoms with Gasteiger partial charge in [0.15, 0.2) is 0 Å². The van der Waals surface area contributed by atoms with Crippen molar-refractivity contribution in [3.63, 3.8) is 0 Å². The molecule has 0 heterocycles. The van der Waals surface area contributed by atoms with E-state index in [1.54, 1.807) is 0 Å². The number of carbonyl (C=O) groups excluding carboxylic acids is 2. The maximum atomic E-state index is 12.7. The zero-order valence-electron chi connectivity index (χ0n) is 14.3. The molecule has 0 unspecified atom stereocenters. The average molecular weight is 337 g/mol. The van der Waals surface area contributed by atoms with Gasteiger partial charge >= 0.3 is 6.03 Å². The van der Waals surface area contributed by atoms with Gasteiger partial charge in [-0.05, 0) is 36.0 Å². The molecule has 0 fully saturated rings. The topological polar surface area (TPSA) is 70.2 Å². The molecule has 0 saturated heterocycles. The van der Waals surface area contributed by atoms with E-state index in [2.05, 4.69) is 28.1 Å². The Morgan fingerprint density at radius 1 is 1.04 bits per heavy atom. The molecule has 2 aromatic rings. The fourth-order valence-electron chi connectivity index (χ4n) is 3.34. The van der Waals surface area contributed by atoms with E-state index in [-0.39, 0.29) is 11.9 Å². The van der Waals surface area contributed by atoms with Gasteiger partial charge in [0.2, 0.25) is 5.91 Å². The average Bonchev–Trinajstić information content (AvgIpc) is 2.66. The molecule has 0 radical (unpaired) electrons. The summed E-state index contributed by atoms with van der Waals surface area (Å²) >= 11 is 0. The maximum Gasteiger partial charge on any atom is 0.321 e. The molecule has 2 atom stereocenters. The van der Waals surface area contributed by atoms with E-state index in [0.717, 1.165) is 24.8 Å². The fraction of sp³-hybridized carbons (Fsp3) is 0.300. The highest BCUT2D eigenvalue weighted by atomic mass is 16.2. The lowest BCUT2D eigenvalue weighted by Gasteiger charge is -2.30. The zero-order chi connectivity index (χ0) is 17.6. The summed E-state index contributed by atoms with van der Waals surface area (Å²) in [5.74, 6) is -0.353. The van der Waals surface area contributed by atoms with Crippen LogP contribution in [0.3, 0.4) is 0 Å². The second kappa shape index (κ2) is 7.94. The summed E-state index contributed by atoms with van der Waals surface area (Å²) in [6.07, 6.45) is 3.11. The van der Waals surface area contributed by atoms with Crippen molar-refractivity contribution in [1.82, 2.24) is 16.0 Å². The Balaban J connectivity index is 1.86. The Labute approximate surface area is 147 Å². The van der Waals surface area contributed by atoms with Crippen molar-refractivity contribution in [3.05, 3.63) is 71.3 Å². The van der Waals surface area contributed by atoms with E-state index in [1.807, 2.05) is 42.5 Å². The predicted molar refractivity (Wildman–Crippen MR) is 97.0 cm³/mol. The van der Waals surface area contributed by atoms with Crippen LogP contribution >= 0.6 is 0 Å². The minimum Gasteiger partial charge on any atom is -0.341 e. The number of fused-ring (bicyclic) bond motifs is 1. The Morgan fingerprint density at radius 2 is 1.76 bits per heavy atom. The largest absolute Gasteiger partial charge is 0.341 e. The smallest absolute Gasteiger partial charge is 0.321 e. The van der Waals surface area contributed by atoms with Crippen LogP contribution in [0, 0.1) is 0 Å². The van der Waals surface area contributed by atoms with E-state index in [9.17, 15) is 9.59 Å². The first kappa shape index (κ1) is 17.2. The van der Waals surface area contributed by atoms with Gasteiger partial charge in [0.25, 0.3) is 0 Å². The molecule has 0 aliphatic heterocycles. The van der Waals surface area contributed by atoms with Crippen molar-refractivity contribution in [1.29, 1.82) is 0 Å². The van der Waals surface area contributed by atoms with E-state index in [1.165, 1.54) is 18.2 Å². The summed E-state index contributed by atoms with van der Waals surface area (Å²) in [6.45, 7) is 0. The molecular formula is C20H23N3O2. The van der Waals surface area contributed by atoms with Crippen molar-refractivity contribution in [3.8, 4) is 0 Å². The number of rotatable bonds is 4. The first-order chi connectivity index (χ1) is 12.2. The number of benzene rings is 2. The van der Waals surface area contributed by atoms with Crippen LogP contribution in [0.25, 0.3) is 0 Å². The third-order valence-electron chi connectivity index (χ3n) is 4.60. The predicted octanol–water partition coefficient (Wildman–Crippen LogP) is 2.85. The summed E-state index contributed by atoms with van der Waals surface area (Å²) in [5, 5.41) is 8.28. The molecule has 3 rings (SSSR count). The van der Waals surface area contributed by atoms with Gasteiger partial charge in [-0.25, -0.2) is 4.79 Å². The number of amides is 3. The third kappa shape index (κ3) is 4.06. The minimum atomic E-state index is -0.588. The molecular weight excluding hydrogens is 314 g/mol. The van der Waals surface area contributed by atoms with Crippen LogP contribution in [0.4, 0.5) is 4.79 Å². The van der Waals surface area contributed by atoms with Crippen molar-refractivity contribution in [2.24, 2.45) is 0 Å². The van der Waals surface area contributed by atoms with Gasteiger partial charge in [-0.3, -0.25) is 15.4 Å². The van der Waals surface area contributed by atoms with E-state index in [0.29, 0.717) is 0 Å². The van der Waals surface area contributed by atoms with Crippen LogP contribution in [0.1, 0.15) is 41.6 Å². The Bertz CT molecular complexity index is 746. The molecule has 130 valence electrons. The first-order valence-electron chi connectivity index (χ1n) is 8.60. The van der Waals surface area contributed by atoms with E-state index < -0.39 is 12.1 Å². The maximum absolute atomic E-state index is 12.7. The summed E-state index contributed by atoms with van der Waals surface area (Å²) in [5.41, 5.74) is 3.40. The number of imide groups is 1. The van der Waals surface area contributed by atoms with Gasteiger partial charge in [-0.1, -0.05) is 54.6 Å². The highest BCUT2D eigenvalue weighted by molar-refractivity contribution is 5.97. The Morgan fingerprint density at radius 3 is 2.52 bits per heavy atom. The van der Waals surface area contributed by atoms with Crippen LogP contribution in [-0.2, 0) is 11.2 Å². The molecule has 2 aromatic carbocycles. The molecule has 0 saturated carbocycles. The molecule has 0 aromatic heterocycles. The molecule has 1 aliphatic carbocycles. The Kier molecular flexibility index (Phi) is 5.46. The van der Waals surface area contributed by atoms with Gasteiger partial charge in [-0.15, -0.1) is 0 Å². The second-order valence-electron chi connectivity index (χ2n) is 6.22. The lowest BCUT2D eigenvalue weighted by atomic mass is 9.87. The molecule has 1 aliphatic rings. The molecule has 0 spiro atoms. The van der Waals surface area contributed by atoms with Gasteiger partial charge in [0, 0.05) is 13.1 Å². The van der Waals surface area contributed by atoms with Crippen LogP contribution < -0.4 is 16.0 Å². The number of hydrogen-bond donors (Lipinski definition) is 3. The number of aryl methyl sites for hydroxylation is 1. The highest BCUT2D eigenvalue weighted by Gasteiger charge is 2.28. The van der Waals surface area contributed by atoms with Crippen molar-refractivity contribution >= 4 is 11.9 Å². The quantitative estimate of drug-likeness (QED) is 0.803. The molecule has 0 bridgehead atoms. The number of hydrogen-bond acceptors (Lipinski definition) is 3. The van der Waals surface area contributed by atoms with E-state index >= 15 is 0 Å². The van der Waals surface area contributed by atoms with E-state index in [4.69, 9.17) is 0 Å². The molecule has 25 heavy (non-hydrogen) atoms. The summed E-state index contributed by atoms with van der Waals surface area (Å²) in [6, 6.07) is 16.8. The van der Waals surface area contributed by atoms with Gasteiger partial charge in [0.1, 0.15) is 6.04 Å². The lowest BCUT2D eigenvalue weighted by molar-refractivity contribution is -0.122. The van der Waals surface area contributed by atoms with Crippen LogP contribution in [-0.4, -0.2) is 19.0 Å². The minimum absolute atomic E-state index is 0.0885. The summed E-state index contributed by atoms with van der Waals surface area (Å²) < 4.78 is 0. The third-order valence-corrected chi connectivity index (χ3v) is 4.60. The van der Waals surface area contributed by atoms with Gasteiger partial charge < -0.3 is 5.32 Å². The van der Waals surface area contributed by atoms with Crippen molar-refractivity contribution in [2.75, 3.05) is 7.05 Å². The van der Waals surface area contributed by atoms with Gasteiger partial charge in [-0.2, -0.15) is 0 Å². The molecule has 3 N–H and O–H groups in total. The van der Waals surface area contributed by atoms with Crippen molar-refractivity contribution in [2.45, 2.75) is 31.3 Å². The second-order valence-corrected chi connectivity index (χ2v) is 6.22. The zero-order valence-corrected chi connectivity index (χ0v) is 14.3. The van der Waals surface area contributed by atoms with Crippen LogP contribution in [0.15, 0.2) is 54.6 Å². The first-order valence-corrected chi connectivity index (χ1v) is 8.60. The number of carbonyl (C=O) groups is 2. The standard InChI is InChI=1S/C20H23N3O2/c1-21-20(25)23-19(24)18(15-9-3-2-4-10-15)22-17-13-7-11-14-8-5-6-12-16(14)17/h2-6,8-10,12,17-18,22H,7,11,13H2,1H3,(H2,21,23,24,25)/t17-,18-/m1/s1. The molecule has 3 amide bonds. The van der Waals surface area contributed by atoms with Crippen LogP contribution in [0.2, 0.25) is 0 Å². The summed E-state index contributed by atoms with van der Waals surface area (Å²) in [7, 11) is 1.49. The normalized spacial score (nSPS) is 17.2. The lowest BCUT2D eigenvalue weighted by Crippen LogP contribution is -2.45. The summed E-state index contributed by atoms with van der Waals surface area (Å²) in [4.78, 5) is 24.2. The number of urea groups is 1. The molecule has 5 nitrogen and oxygen atoms in total. The molecule has 5 heteroatoms.